The highest BCUT2D eigenvalue weighted by Crippen LogP contribution is 2.21. The maximum Gasteiger partial charge on any atom is 0.317 e. The van der Waals surface area contributed by atoms with Gasteiger partial charge in [-0.1, -0.05) is 18.2 Å². The van der Waals surface area contributed by atoms with E-state index < -0.39 is 0 Å². The molecule has 1 aliphatic rings. The van der Waals surface area contributed by atoms with E-state index in [1.807, 2.05) is 18.2 Å². The van der Waals surface area contributed by atoms with Gasteiger partial charge < -0.3 is 15.0 Å². The van der Waals surface area contributed by atoms with Gasteiger partial charge >= 0.3 is 6.03 Å². The Balaban J connectivity index is 1.16. The Morgan fingerprint density at radius 2 is 2.00 bits per heavy atom. The normalized spacial score (nSPS) is 14.6. The number of nitrogens with one attached hydrogen (secondary N) is 2. The number of halogens is 2. The van der Waals surface area contributed by atoms with Gasteiger partial charge in [0.1, 0.15) is 5.82 Å². The second kappa shape index (κ2) is 12.0. The summed E-state index contributed by atoms with van der Waals surface area (Å²) in [6, 6.07) is 13.4. The van der Waals surface area contributed by atoms with Gasteiger partial charge in [-0.2, -0.15) is 5.10 Å². The molecule has 3 aromatic rings. The molecule has 0 radical (unpaired) electrons. The van der Waals surface area contributed by atoms with Gasteiger partial charge in [0.2, 0.25) is 0 Å². The first kappa shape index (κ1) is 25.6. The number of aryl methyl sites for hydroxylation is 1. The van der Waals surface area contributed by atoms with Crippen LogP contribution in [0.15, 0.2) is 48.5 Å². The fourth-order valence-electron chi connectivity index (χ4n) is 4.48. The lowest BCUT2D eigenvalue weighted by Gasteiger charge is -2.33. The minimum atomic E-state index is -0.347. The van der Waals surface area contributed by atoms with Crippen LogP contribution in [0.5, 0.6) is 5.75 Å². The third-order valence-electron chi connectivity index (χ3n) is 6.58. The number of nitrogens with zero attached hydrogens (tertiary/aromatic N) is 3. The average molecular weight is 498 g/mol. The van der Waals surface area contributed by atoms with Crippen LogP contribution in [0.3, 0.4) is 0 Å². The summed E-state index contributed by atoms with van der Waals surface area (Å²) in [6.07, 6.45) is 3.24. The minimum Gasteiger partial charge on any atom is -0.494 e. The van der Waals surface area contributed by atoms with Crippen molar-refractivity contribution >= 4 is 6.03 Å². The number of aromatic nitrogens is 2. The first-order valence-electron chi connectivity index (χ1n) is 12.3. The third-order valence-corrected chi connectivity index (χ3v) is 6.58. The molecule has 0 aliphatic carbocycles. The highest BCUT2D eigenvalue weighted by Gasteiger charge is 2.22. The second-order valence-electron chi connectivity index (χ2n) is 9.28. The van der Waals surface area contributed by atoms with E-state index in [-0.39, 0.29) is 29.5 Å². The summed E-state index contributed by atoms with van der Waals surface area (Å²) in [7, 11) is 3.26. The SMILES string of the molecule is COc1ccc(CN2CCC(NC(=O)N(C)CCCc3cc(-c4cccc(F)c4)n[nH]3)CC2)cc1F. The van der Waals surface area contributed by atoms with Gasteiger partial charge in [-0.15, -0.1) is 0 Å². The molecule has 1 aliphatic heterocycles. The number of likely N-dealkylation sites (tertiary alicyclic amines) is 1. The lowest BCUT2D eigenvalue weighted by atomic mass is 10.0. The molecule has 0 unspecified atom stereocenters. The second-order valence-corrected chi connectivity index (χ2v) is 9.28. The van der Waals surface area contributed by atoms with Gasteiger partial charge in [-0.25, -0.2) is 13.6 Å². The molecule has 36 heavy (non-hydrogen) atoms. The van der Waals surface area contributed by atoms with Crippen molar-refractivity contribution in [1.82, 2.24) is 25.3 Å². The van der Waals surface area contributed by atoms with E-state index in [2.05, 4.69) is 20.4 Å². The van der Waals surface area contributed by atoms with Crippen molar-refractivity contribution in [2.45, 2.75) is 38.3 Å². The van der Waals surface area contributed by atoms with Crippen molar-refractivity contribution in [2.75, 3.05) is 33.8 Å². The van der Waals surface area contributed by atoms with Crippen molar-refractivity contribution in [1.29, 1.82) is 0 Å². The fourth-order valence-corrected chi connectivity index (χ4v) is 4.48. The van der Waals surface area contributed by atoms with Crippen LogP contribution in [0.4, 0.5) is 13.6 Å². The molecule has 1 aromatic heterocycles. The van der Waals surface area contributed by atoms with E-state index in [4.69, 9.17) is 4.74 Å². The number of hydrogen-bond acceptors (Lipinski definition) is 4. The number of urea groups is 1. The maximum absolute atomic E-state index is 13.9. The van der Waals surface area contributed by atoms with Crippen LogP contribution in [0.1, 0.15) is 30.5 Å². The number of carbonyl (C=O) groups excluding carboxylic acids is 1. The number of carbonyl (C=O) groups is 1. The van der Waals surface area contributed by atoms with Gasteiger partial charge in [0, 0.05) is 50.5 Å². The van der Waals surface area contributed by atoms with E-state index in [0.717, 1.165) is 55.6 Å². The van der Waals surface area contributed by atoms with E-state index in [0.29, 0.717) is 18.8 Å². The number of piperidine rings is 1. The third kappa shape index (κ3) is 6.81. The predicted octanol–water partition coefficient (Wildman–Crippen LogP) is 4.60. The summed E-state index contributed by atoms with van der Waals surface area (Å²) in [6.45, 7) is 2.98. The quantitative estimate of drug-likeness (QED) is 0.453. The Bertz CT molecular complexity index is 1160. The highest BCUT2D eigenvalue weighted by atomic mass is 19.1. The molecule has 0 spiro atoms. The summed E-state index contributed by atoms with van der Waals surface area (Å²) in [5.74, 6) is -0.384. The number of hydrogen-bond donors (Lipinski definition) is 2. The van der Waals surface area contributed by atoms with Crippen molar-refractivity contribution in [3.8, 4) is 17.0 Å². The Labute approximate surface area is 210 Å². The number of ether oxygens (including phenoxy) is 1. The minimum absolute atomic E-state index is 0.0734. The molecule has 0 saturated carbocycles. The monoisotopic (exact) mass is 497 g/mol. The predicted molar refractivity (Wildman–Crippen MR) is 135 cm³/mol. The highest BCUT2D eigenvalue weighted by molar-refractivity contribution is 5.74. The van der Waals surface area contributed by atoms with Crippen molar-refractivity contribution in [3.63, 3.8) is 0 Å². The van der Waals surface area contributed by atoms with E-state index in [1.54, 1.807) is 24.1 Å². The fraction of sp³-hybridized carbons (Fsp3) is 0.407. The molecular formula is C27H33F2N5O2. The molecule has 2 N–H and O–H groups in total. The number of methoxy groups -OCH3 is 1. The van der Waals surface area contributed by atoms with E-state index in [9.17, 15) is 13.6 Å². The summed E-state index contributed by atoms with van der Waals surface area (Å²) in [5.41, 5.74) is 3.30. The Hall–Kier alpha value is -3.46. The van der Waals surface area contributed by atoms with Gasteiger partial charge in [0.25, 0.3) is 0 Å². The van der Waals surface area contributed by atoms with Crippen molar-refractivity contribution in [2.24, 2.45) is 0 Å². The number of H-pyrrole nitrogens is 1. The molecular weight excluding hydrogens is 464 g/mol. The van der Waals surface area contributed by atoms with Crippen LogP contribution in [0.25, 0.3) is 11.3 Å². The molecule has 1 saturated heterocycles. The Kier molecular flexibility index (Phi) is 8.53. The van der Waals surface area contributed by atoms with Crippen LogP contribution < -0.4 is 10.1 Å². The van der Waals surface area contributed by atoms with Crippen molar-refractivity contribution < 1.29 is 18.3 Å². The number of amides is 2. The summed E-state index contributed by atoms with van der Waals surface area (Å²) in [4.78, 5) is 16.6. The Morgan fingerprint density at radius 3 is 2.72 bits per heavy atom. The van der Waals surface area contributed by atoms with Gasteiger partial charge in [0.15, 0.2) is 11.6 Å². The van der Waals surface area contributed by atoms with Crippen LogP contribution in [0.2, 0.25) is 0 Å². The zero-order chi connectivity index (χ0) is 25.5. The topological polar surface area (TPSA) is 73.5 Å². The zero-order valence-electron chi connectivity index (χ0n) is 20.8. The number of benzene rings is 2. The van der Waals surface area contributed by atoms with Crippen LogP contribution in [0, 0.1) is 11.6 Å². The standard InChI is InChI=1S/C27H33F2N5O2/c1-33(12-4-7-23-17-25(32-31-23)20-5-3-6-21(28)16-20)27(35)30-22-10-13-34(14-11-22)18-19-8-9-26(36-2)24(29)15-19/h3,5-6,8-9,15-17,22H,4,7,10-14,18H2,1-2H3,(H,30,35)(H,31,32). The van der Waals surface area contributed by atoms with Crippen LogP contribution in [-0.4, -0.2) is 65.9 Å². The molecule has 2 heterocycles. The molecule has 4 rings (SSSR count). The number of aromatic amines is 1. The Morgan fingerprint density at radius 1 is 1.19 bits per heavy atom. The molecule has 9 heteroatoms. The first-order chi connectivity index (χ1) is 17.4. The van der Waals surface area contributed by atoms with Gasteiger partial charge in [-0.3, -0.25) is 10.00 Å². The van der Waals surface area contributed by atoms with Gasteiger partial charge in [0.05, 0.1) is 12.8 Å². The zero-order valence-corrected chi connectivity index (χ0v) is 20.8. The van der Waals surface area contributed by atoms with Gasteiger partial charge in [-0.05, 0) is 61.6 Å². The smallest absolute Gasteiger partial charge is 0.317 e. The van der Waals surface area contributed by atoms with E-state index >= 15 is 0 Å². The molecule has 2 aromatic carbocycles. The summed E-state index contributed by atoms with van der Waals surface area (Å²) < 4.78 is 32.4. The first-order valence-corrected chi connectivity index (χ1v) is 12.3. The lowest BCUT2D eigenvalue weighted by molar-refractivity contribution is 0.174. The molecule has 192 valence electrons. The average Bonchev–Trinajstić information content (AvgIpc) is 3.34. The molecule has 0 bridgehead atoms. The molecule has 1 fully saturated rings. The lowest BCUT2D eigenvalue weighted by Crippen LogP contribution is -2.48. The maximum atomic E-state index is 13.9. The summed E-state index contributed by atoms with van der Waals surface area (Å²) >= 11 is 0. The van der Waals surface area contributed by atoms with E-state index in [1.165, 1.54) is 25.3 Å². The van der Waals surface area contributed by atoms with Crippen LogP contribution >= 0.6 is 0 Å². The summed E-state index contributed by atoms with van der Waals surface area (Å²) in [5, 5.41) is 10.4. The molecule has 0 atom stereocenters. The van der Waals surface area contributed by atoms with Crippen molar-refractivity contribution in [3.05, 3.63) is 71.4 Å². The molecule has 2 amide bonds. The molecule has 7 nitrogen and oxygen atoms in total. The largest absolute Gasteiger partial charge is 0.494 e. The number of rotatable bonds is 9. The van der Waals surface area contributed by atoms with Crippen LogP contribution in [-0.2, 0) is 13.0 Å².